The fraction of sp³-hybridized carbons (Fsp3) is 0.367. The third-order valence-corrected chi connectivity index (χ3v) is 9.28. The van der Waals surface area contributed by atoms with Crippen molar-refractivity contribution in [3.8, 4) is 17.2 Å². The van der Waals surface area contributed by atoms with Crippen molar-refractivity contribution in [3.63, 3.8) is 0 Å². The molecule has 0 amide bonds. The molecule has 11 nitrogen and oxygen atoms in total. The van der Waals surface area contributed by atoms with Crippen LogP contribution in [-0.2, 0) is 28.0 Å². The fourth-order valence-corrected chi connectivity index (χ4v) is 6.73. The minimum Gasteiger partial charge on any atom is -0.497 e. The SMILES string of the molecule is COCn1cc([C@H]2CCC(F)(F)C[C@@H]2Oc2ccc(S(=O)(=O)N(Cc3ccc(OC)cc3OC)c3ccncn3)c(F)c2)cn1. The van der Waals surface area contributed by atoms with Crippen molar-refractivity contribution >= 4 is 15.8 Å². The predicted molar refractivity (Wildman–Crippen MR) is 157 cm³/mol. The first kappa shape index (κ1) is 32.0. The number of sulfonamides is 1. The van der Waals surface area contributed by atoms with Gasteiger partial charge in [0.2, 0.25) is 0 Å². The number of hydrogen-bond donors (Lipinski definition) is 0. The molecule has 45 heavy (non-hydrogen) atoms. The topological polar surface area (TPSA) is 118 Å². The molecule has 1 saturated carbocycles. The molecular formula is C30H32F3N5O6S. The molecule has 0 bridgehead atoms. The molecule has 15 heteroatoms. The van der Waals surface area contributed by atoms with E-state index in [1.165, 1.54) is 50.7 Å². The molecule has 4 aromatic rings. The van der Waals surface area contributed by atoms with Crippen molar-refractivity contribution in [2.45, 2.75) is 55.4 Å². The van der Waals surface area contributed by atoms with Gasteiger partial charge in [-0.15, -0.1) is 0 Å². The third kappa shape index (κ3) is 7.14. The van der Waals surface area contributed by atoms with Crippen molar-refractivity contribution in [1.82, 2.24) is 19.7 Å². The molecule has 2 aromatic heterocycles. The molecule has 5 rings (SSSR count). The number of hydrogen-bond acceptors (Lipinski definition) is 9. The van der Waals surface area contributed by atoms with E-state index in [-0.39, 0.29) is 37.7 Å². The zero-order valence-electron chi connectivity index (χ0n) is 24.8. The largest absolute Gasteiger partial charge is 0.497 e. The van der Waals surface area contributed by atoms with Gasteiger partial charge in [0.05, 0.1) is 27.0 Å². The summed E-state index contributed by atoms with van der Waals surface area (Å²) in [4.78, 5) is 7.27. The molecule has 240 valence electrons. The Kier molecular flexibility index (Phi) is 9.48. The van der Waals surface area contributed by atoms with E-state index in [0.29, 0.717) is 22.6 Å². The van der Waals surface area contributed by atoms with Crippen LogP contribution in [0.25, 0.3) is 0 Å². The fourth-order valence-electron chi connectivity index (χ4n) is 5.29. The van der Waals surface area contributed by atoms with Crippen molar-refractivity contribution in [2.24, 2.45) is 0 Å². The summed E-state index contributed by atoms with van der Waals surface area (Å²) < 4.78 is 96.7. The van der Waals surface area contributed by atoms with Crippen LogP contribution < -0.4 is 18.5 Å². The minimum atomic E-state index is -4.57. The van der Waals surface area contributed by atoms with Crippen LogP contribution in [0, 0.1) is 5.82 Å². The summed E-state index contributed by atoms with van der Waals surface area (Å²) in [6, 6.07) is 9.42. The van der Waals surface area contributed by atoms with Crippen LogP contribution in [0.1, 0.15) is 36.3 Å². The van der Waals surface area contributed by atoms with Crippen molar-refractivity contribution in [1.29, 1.82) is 0 Å². The van der Waals surface area contributed by atoms with Gasteiger partial charge < -0.3 is 18.9 Å². The Bertz CT molecular complexity index is 1720. The van der Waals surface area contributed by atoms with Gasteiger partial charge in [0.25, 0.3) is 15.9 Å². The lowest BCUT2D eigenvalue weighted by molar-refractivity contribution is -0.0773. The summed E-state index contributed by atoms with van der Waals surface area (Å²) >= 11 is 0. The molecule has 1 fully saturated rings. The molecule has 0 aliphatic heterocycles. The van der Waals surface area contributed by atoms with E-state index in [0.717, 1.165) is 16.4 Å². The molecule has 2 heterocycles. The summed E-state index contributed by atoms with van der Waals surface area (Å²) in [5.41, 5.74) is 1.14. The van der Waals surface area contributed by atoms with E-state index >= 15 is 4.39 Å². The Labute approximate surface area is 258 Å². The zero-order chi connectivity index (χ0) is 32.2. The van der Waals surface area contributed by atoms with Crippen molar-refractivity contribution in [3.05, 3.63) is 84.3 Å². The van der Waals surface area contributed by atoms with Crippen LogP contribution >= 0.6 is 0 Å². The van der Waals surface area contributed by atoms with Crippen LogP contribution in [0.3, 0.4) is 0 Å². The first-order chi connectivity index (χ1) is 21.5. The molecule has 0 radical (unpaired) electrons. The molecule has 2 atom stereocenters. The van der Waals surface area contributed by atoms with Crippen LogP contribution in [0.5, 0.6) is 17.2 Å². The summed E-state index contributed by atoms with van der Waals surface area (Å²) in [5, 5.41) is 4.20. The van der Waals surface area contributed by atoms with Gasteiger partial charge in [-0.1, -0.05) is 0 Å². The monoisotopic (exact) mass is 647 g/mol. The first-order valence-corrected chi connectivity index (χ1v) is 15.3. The van der Waals surface area contributed by atoms with E-state index in [2.05, 4.69) is 15.1 Å². The molecule has 2 aromatic carbocycles. The van der Waals surface area contributed by atoms with E-state index in [4.69, 9.17) is 18.9 Å². The Morgan fingerprint density at radius 3 is 2.56 bits per heavy atom. The molecule has 1 aliphatic rings. The van der Waals surface area contributed by atoms with Gasteiger partial charge in [0, 0.05) is 62.0 Å². The minimum absolute atomic E-state index is 0.0103. The summed E-state index contributed by atoms with van der Waals surface area (Å²) in [6.07, 6.45) is 3.97. The van der Waals surface area contributed by atoms with Crippen LogP contribution in [0.4, 0.5) is 19.0 Å². The number of halogens is 3. The molecule has 0 saturated heterocycles. The zero-order valence-corrected chi connectivity index (χ0v) is 25.6. The number of aromatic nitrogens is 4. The normalized spacial score (nSPS) is 17.9. The number of alkyl halides is 2. The van der Waals surface area contributed by atoms with Crippen molar-refractivity contribution < 1.29 is 40.5 Å². The molecule has 1 aliphatic carbocycles. The molecule has 0 N–H and O–H groups in total. The maximum absolute atomic E-state index is 15.7. The molecule has 0 spiro atoms. The van der Waals surface area contributed by atoms with Crippen molar-refractivity contribution in [2.75, 3.05) is 25.6 Å². The standard InChI is InChI=1S/C30H32F3N5O6S/c1-41-19-37-16-21(15-36-37)24-8-10-30(32,33)14-27(24)44-23-6-7-28(25(31)12-23)45(39,40)38(29-9-11-34-18-35-29)17-20-4-5-22(42-2)13-26(20)43-3/h4-7,9,11-13,15-16,18,24,27H,8,10,14,17,19H2,1-3H3/t24-,27+/m1/s1. The number of anilines is 1. The second kappa shape index (κ2) is 13.3. The number of methoxy groups -OCH3 is 3. The first-order valence-electron chi connectivity index (χ1n) is 13.9. The second-order valence-corrected chi connectivity index (χ2v) is 12.3. The smallest absolute Gasteiger partial charge is 0.268 e. The van der Waals surface area contributed by atoms with Gasteiger partial charge in [-0.3, -0.25) is 0 Å². The van der Waals surface area contributed by atoms with Gasteiger partial charge in [0.15, 0.2) is 0 Å². The number of nitrogens with zero attached hydrogens (tertiary/aromatic N) is 5. The summed E-state index contributed by atoms with van der Waals surface area (Å²) in [6.45, 7) is -0.0768. The maximum atomic E-state index is 15.7. The third-order valence-electron chi connectivity index (χ3n) is 7.50. The second-order valence-electron chi connectivity index (χ2n) is 10.4. The summed E-state index contributed by atoms with van der Waals surface area (Å²) in [5.74, 6) is -3.81. The lowest BCUT2D eigenvalue weighted by atomic mass is 9.81. The number of ether oxygens (including phenoxy) is 4. The highest BCUT2D eigenvalue weighted by atomic mass is 32.2. The van der Waals surface area contributed by atoms with E-state index < -0.39 is 45.1 Å². The number of benzene rings is 2. The maximum Gasteiger partial charge on any atom is 0.268 e. The van der Waals surface area contributed by atoms with E-state index in [1.54, 1.807) is 30.6 Å². The molecule has 0 unspecified atom stereocenters. The Morgan fingerprint density at radius 2 is 1.87 bits per heavy atom. The Hall–Kier alpha value is -4.37. The average molecular weight is 648 g/mol. The summed E-state index contributed by atoms with van der Waals surface area (Å²) in [7, 11) is -0.142. The van der Waals surface area contributed by atoms with Gasteiger partial charge in [-0.2, -0.15) is 5.10 Å². The average Bonchev–Trinajstić information content (AvgIpc) is 3.48. The number of rotatable bonds is 12. The Balaban J connectivity index is 1.45. The molecular weight excluding hydrogens is 615 g/mol. The Morgan fingerprint density at radius 1 is 1.07 bits per heavy atom. The quantitative estimate of drug-likeness (QED) is 0.205. The predicted octanol–water partition coefficient (Wildman–Crippen LogP) is 5.18. The highest BCUT2D eigenvalue weighted by Gasteiger charge is 2.44. The lowest BCUT2D eigenvalue weighted by Gasteiger charge is -2.35. The van der Waals surface area contributed by atoms with E-state index in [9.17, 15) is 17.2 Å². The van der Waals surface area contributed by atoms with Crippen LogP contribution in [-0.4, -0.2) is 61.5 Å². The van der Waals surface area contributed by atoms with Gasteiger partial charge in [0.1, 0.15) is 52.9 Å². The van der Waals surface area contributed by atoms with E-state index in [1.807, 2.05) is 0 Å². The highest BCUT2D eigenvalue weighted by Crippen LogP contribution is 2.43. The van der Waals surface area contributed by atoms with Gasteiger partial charge >= 0.3 is 0 Å². The van der Waals surface area contributed by atoms with Gasteiger partial charge in [-0.25, -0.2) is 40.5 Å². The lowest BCUT2D eigenvalue weighted by Crippen LogP contribution is -2.38. The van der Waals surface area contributed by atoms with Crippen LogP contribution in [0.15, 0.2) is 72.3 Å². The highest BCUT2D eigenvalue weighted by molar-refractivity contribution is 7.92. The van der Waals surface area contributed by atoms with Gasteiger partial charge in [-0.05, 0) is 36.2 Å². The van der Waals surface area contributed by atoms with Crippen LogP contribution in [0.2, 0.25) is 0 Å².